The second-order valence-corrected chi connectivity index (χ2v) is 6.21. The molecular weight excluding hydrogens is 236 g/mol. The van der Waals surface area contributed by atoms with Crippen molar-refractivity contribution in [3.8, 4) is 0 Å². The van der Waals surface area contributed by atoms with Crippen molar-refractivity contribution in [2.75, 3.05) is 26.2 Å². The Morgan fingerprint density at radius 2 is 1.74 bits per heavy atom. The van der Waals surface area contributed by atoms with Gasteiger partial charge < -0.3 is 10.2 Å². The van der Waals surface area contributed by atoms with Crippen LogP contribution in [0.1, 0.15) is 65.2 Å². The second kappa shape index (κ2) is 10.2. The van der Waals surface area contributed by atoms with E-state index in [1.807, 2.05) is 4.90 Å². The Labute approximate surface area is 119 Å². The maximum absolute atomic E-state index is 11.9. The van der Waals surface area contributed by atoms with E-state index in [1.165, 1.54) is 51.4 Å². The van der Waals surface area contributed by atoms with Crippen LogP contribution in [-0.2, 0) is 4.79 Å². The molecule has 0 atom stereocenters. The number of carbonyl (C=O) groups is 1. The highest BCUT2D eigenvalue weighted by Gasteiger charge is 2.15. The van der Waals surface area contributed by atoms with Crippen molar-refractivity contribution in [2.24, 2.45) is 5.92 Å². The Morgan fingerprint density at radius 3 is 2.42 bits per heavy atom. The van der Waals surface area contributed by atoms with Gasteiger partial charge in [0.1, 0.15) is 0 Å². The fourth-order valence-corrected chi connectivity index (χ4v) is 2.61. The third-order valence-electron chi connectivity index (χ3n) is 3.87. The molecule has 0 radical (unpaired) electrons. The summed E-state index contributed by atoms with van der Waals surface area (Å²) in [6.07, 6.45) is 10.2. The number of nitrogens with zero attached hydrogens (tertiary/aromatic N) is 1. The molecule has 1 amide bonds. The van der Waals surface area contributed by atoms with E-state index in [9.17, 15) is 4.79 Å². The summed E-state index contributed by atoms with van der Waals surface area (Å²) in [5.74, 6) is 1.12. The molecule has 1 N–H and O–H groups in total. The lowest BCUT2D eigenvalue weighted by atomic mass is 10.0. The fourth-order valence-electron chi connectivity index (χ4n) is 2.61. The molecule has 1 aliphatic heterocycles. The van der Waals surface area contributed by atoms with Gasteiger partial charge in [-0.2, -0.15) is 0 Å². The zero-order valence-electron chi connectivity index (χ0n) is 12.9. The Morgan fingerprint density at radius 1 is 1.05 bits per heavy atom. The quantitative estimate of drug-likeness (QED) is 0.651. The molecule has 1 heterocycles. The first-order valence-corrected chi connectivity index (χ1v) is 8.18. The summed E-state index contributed by atoms with van der Waals surface area (Å²) in [5, 5.41) is 3.29. The monoisotopic (exact) mass is 268 g/mol. The van der Waals surface area contributed by atoms with Crippen LogP contribution in [0.3, 0.4) is 0 Å². The van der Waals surface area contributed by atoms with Crippen LogP contribution in [0, 0.1) is 5.92 Å². The number of carbonyl (C=O) groups excluding carboxylic acids is 1. The summed E-state index contributed by atoms with van der Waals surface area (Å²) in [6.45, 7) is 8.03. The fraction of sp³-hybridized carbons (Fsp3) is 0.938. The predicted octanol–water partition coefficient (Wildman–Crippen LogP) is 3.20. The molecule has 3 heteroatoms. The molecule has 0 aromatic carbocycles. The van der Waals surface area contributed by atoms with E-state index in [0.717, 1.165) is 25.6 Å². The highest BCUT2D eigenvalue weighted by molar-refractivity contribution is 5.78. The smallest absolute Gasteiger partial charge is 0.236 e. The van der Waals surface area contributed by atoms with Crippen LogP contribution >= 0.6 is 0 Å². The molecule has 0 unspecified atom stereocenters. The lowest BCUT2D eigenvalue weighted by Gasteiger charge is -2.26. The molecule has 1 rings (SSSR count). The van der Waals surface area contributed by atoms with Gasteiger partial charge in [-0.25, -0.2) is 0 Å². The molecule has 0 saturated carbocycles. The van der Waals surface area contributed by atoms with Crippen LogP contribution in [0.2, 0.25) is 0 Å². The van der Waals surface area contributed by atoms with E-state index in [4.69, 9.17) is 0 Å². The number of amides is 1. The molecule has 0 aromatic heterocycles. The first-order chi connectivity index (χ1) is 9.20. The third-order valence-corrected chi connectivity index (χ3v) is 3.87. The van der Waals surface area contributed by atoms with Gasteiger partial charge in [-0.05, 0) is 38.1 Å². The summed E-state index contributed by atoms with van der Waals surface area (Å²) in [5.41, 5.74) is 0. The van der Waals surface area contributed by atoms with Crippen molar-refractivity contribution < 1.29 is 4.79 Å². The highest BCUT2D eigenvalue weighted by Crippen LogP contribution is 2.09. The number of hydrogen-bond acceptors (Lipinski definition) is 2. The zero-order chi connectivity index (χ0) is 13.9. The molecule has 0 spiro atoms. The van der Waals surface area contributed by atoms with Gasteiger partial charge in [-0.15, -0.1) is 0 Å². The molecular formula is C16H32N2O. The van der Waals surface area contributed by atoms with Gasteiger partial charge in [0.25, 0.3) is 0 Å². The maximum Gasteiger partial charge on any atom is 0.236 e. The van der Waals surface area contributed by atoms with E-state index in [-0.39, 0.29) is 0 Å². The average Bonchev–Trinajstić information content (AvgIpc) is 2.42. The summed E-state index contributed by atoms with van der Waals surface area (Å²) >= 11 is 0. The van der Waals surface area contributed by atoms with Crippen LogP contribution in [0.4, 0.5) is 0 Å². The van der Waals surface area contributed by atoms with Crippen molar-refractivity contribution in [2.45, 2.75) is 65.2 Å². The topological polar surface area (TPSA) is 32.3 Å². The van der Waals surface area contributed by atoms with Gasteiger partial charge in [0, 0.05) is 13.1 Å². The van der Waals surface area contributed by atoms with Crippen LogP contribution in [-0.4, -0.2) is 37.0 Å². The Balaban J connectivity index is 1.88. The largest absolute Gasteiger partial charge is 0.342 e. The maximum atomic E-state index is 11.9. The van der Waals surface area contributed by atoms with E-state index >= 15 is 0 Å². The van der Waals surface area contributed by atoms with Gasteiger partial charge in [-0.3, -0.25) is 4.79 Å². The Bertz CT molecular complexity index is 235. The second-order valence-electron chi connectivity index (χ2n) is 6.21. The highest BCUT2D eigenvalue weighted by atomic mass is 16.2. The molecule has 0 bridgehead atoms. The molecule has 1 aliphatic rings. The number of rotatable bonds is 9. The molecule has 112 valence electrons. The lowest BCUT2D eigenvalue weighted by Crippen LogP contribution is -2.41. The molecule has 0 aromatic rings. The van der Waals surface area contributed by atoms with Gasteiger partial charge in [-0.1, -0.05) is 39.5 Å². The number of hydrogen-bond donors (Lipinski definition) is 1. The standard InChI is InChI=1S/C16H32N2O/c1-15(2)10-6-3-4-7-11-17-14-16(19)18-12-8-5-9-13-18/h15,17H,3-14H2,1-2H3. The summed E-state index contributed by atoms with van der Waals surface area (Å²) < 4.78 is 0. The van der Waals surface area contributed by atoms with Crippen LogP contribution in [0.25, 0.3) is 0 Å². The van der Waals surface area contributed by atoms with E-state index in [0.29, 0.717) is 12.5 Å². The van der Waals surface area contributed by atoms with Crippen molar-refractivity contribution in [3.05, 3.63) is 0 Å². The number of unbranched alkanes of at least 4 members (excludes halogenated alkanes) is 3. The normalized spacial score (nSPS) is 16.1. The number of nitrogens with one attached hydrogen (secondary N) is 1. The van der Waals surface area contributed by atoms with E-state index < -0.39 is 0 Å². The summed E-state index contributed by atoms with van der Waals surface area (Å²) in [6, 6.07) is 0. The summed E-state index contributed by atoms with van der Waals surface area (Å²) in [7, 11) is 0. The minimum absolute atomic E-state index is 0.291. The molecule has 19 heavy (non-hydrogen) atoms. The van der Waals surface area contributed by atoms with Gasteiger partial charge >= 0.3 is 0 Å². The Hall–Kier alpha value is -0.570. The predicted molar refractivity (Wildman–Crippen MR) is 81.2 cm³/mol. The van der Waals surface area contributed by atoms with Crippen molar-refractivity contribution >= 4 is 5.91 Å². The SMILES string of the molecule is CC(C)CCCCCCNCC(=O)N1CCCCC1. The summed E-state index contributed by atoms with van der Waals surface area (Å²) in [4.78, 5) is 13.9. The third kappa shape index (κ3) is 8.25. The Kier molecular flexibility index (Phi) is 8.89. The van der Waals surface area contributed by atoms with Gasteiger partial charge in [0.2, 0.25) is 5.91 Å². The van der Waals surface area contributed by atoms with Gasteiger partial charge in [0.15, 0.2) is 0 Å². The van der Waals surface area contributed by atoms with Gasteiger partial charge in [0.05, 0.1) is 6.54 Å². The number of piperidine rings is 1. The van der Waals surface area contributed by atoms with Crippen LogP contribution < -0.4 is 5.32 Å². The van der Waals surface area contributed by atoms with Crippen molar-refractivity contribution in [1.82, 2.24) is 10.2 Å². The first kappa shape index (κ1) is 16.5. The zero-order valence-corrected chi connectivity index (χ0v) is 12.9. The first-order valence-electron chi connectivity index (χ1n) is 8.18. The molecule has 0 aliphatic carbocycles. The van der Waals surface area contributed by atoms with Crippen molar-refractivity contribution in [3.63, 3.8) is 0 Å². The molecule has 1 saturated heterocycles. The molecule has 3 nitrogen and oxygen atoms in total. The van der Waals surface area contributed by atoms with Crippen LogP contribution in [0.5, 0.6) is 0 Å². The molecule has 1 fully saturated rings. The lowest BCUT2D eigenvalue weighted by molar-refractivity contribution is -0.131. The van der Waals surface area contributed by atoms with Crippen LogP contribution in [0.15, 0.2) is 0 Å². The van der Waals surface area contributed by atoms with E-state index in [2.05, 4.69) is 19.2 Å². The number of likely N-dealkylation sites (tertiary alicyclic amines) is 1. The van der Waals surface area contributed by atoms with Crippen molar-refractivity contribution in [1.29, 1.82) is 0 Å². The van der Waals surface area contributed by atoms with E-state index in [1.54, 1.807) is 0 Å². The minimum atomic E-state index is 0.291. The average molecular weight is 268 g/mol. The minimum Gasteiger partial charge on any atom is -0.342 e.